The topological polar surface area (TPSA) is 17.1 Å². The highest BCUT2D eigenvalue weighted by molar-refractivity contribution is 5.79. The Morgan fingerprint density at radius 3 is 2.18 bits per heavy atom. The minimum Gasteiger partial charge on any atom is -0.300 e. The molecule has 3 rings (SSSR count). The molecule has 0 aromatic rings. The fourth-order valence-electron chi connectivity index (χ4n) is 6.76. The summed E-state index contributed by atoms with van der Waals surface area (Å²) >= 11 is 0. The van der Waals surface area contributed by atoms with Crippen molar-refractivity contribution in [2.75, 3.05) is 0 Å². The molecule has 0 aliphatic heterocycles. The first-order chi connectivity index (χ1) is 10.3. The molecule has 22 heavy (non-hydrogen) atoms. The lowest BCUT2D eigenvalue weighted by Gasteiger charge is -2.54. The van der Waals surface area contributed by atoms with Gasteiger partial charge in [-0.1, -0.05) is 20.8 Å². The number of ketones is 1. The zero-order chi connectivity index (χ0) is 16.1. The van der Waals surface area contributed by atoms with Gasteiger partial charge in [0.05, 0.1) is 0 Å². The first-order valence-electron chi connectivity index (χ1n) is 9.42. The van der Waals surface area contributed by atoms with E-state index in [2.05, 4.69) is 20.8 Å². The molecular weight excluding hydrogens is 275 g/mol. The van der Waals surface area contributed by atoms with Crippen molar-refractivity contribution in [1.29, 1.82) is 0 Å². The van der Waals surface area contributed by atoms with E-state index in [4.69, 9.17) is 0 Å². The van der Waals surface area contributed by atoms with E-state index in [1.807, 2.05) is 0 Å². The number of alkyl halides is 1. The summed E-state index contributed by atoms with van der Waals surface area (Å²) in [6, 6.07) is 0. The minimum absolute atomic E-state index is 0.232. The molecule has 0 aromatic heterocycles. The maximum absolute atomic E-state index is 13.6. The van der Waals surface area contributed by atoms with E-state index >= 15 is 0 Å². The van der Waals surface area contributed by atoms with Gasteiger partial charge >= 0.3 is 0 Å². The number of rotatable bonds is 2. The molecule has 3 fully saturated rings. The van der Waals surface area contributed by atoms with Crippen LogP contribution in [0.3, 0.4) is 0 Å². The normalized spacial score (nSPS) is 52.3. The van der Waals surface area contributed by atoms with Gasteiger partial charge in [-0.25, -0.2) is 4.39 Å². The quantitative estimate of drug-likeness (QED) is 0.651. The van der Waals surface area contributed by atoms with Gasteiger partial charge in [0.2, 0.25) is 0 Å². The number of carbonyl (C=O) groups excluding carboxylic acids is 1. The summed E-state index contributed by atoms with van der Waals surface area (Å²) in [6.45, 7) is 9.02. The van der Waals surface area contributed by atoms with Gasteiger partial charge in [0, 0.05) is 5.92 Å². The summed E-state index contributed by atoms with van der Waals surface area (Å²) in [5.74, 6) is 2.79. The third kappa shape index (κ3) is 2.45. The Morgan fingerprint density at radius 2 is 1.59 bits per heavy atom. The van der Waals surface area contributed by atoms with Crippen molar-refractivity contribution in [1.82, 2.24) is 0 Å². The van der Waals surface area contributed by atoms with Crippen LogP contribution in [0.25, 0.3) is 0 Å². The van der Waals surface area contributed by atoms with Gasteiger partial charge in [0.25, 0.3) is 0 Å². The van der Waals surface area contributed by atoms with Crippen molar-refractivity contribution < 1.29 is 9.18 Å². The zero-order valence-corrected chi connectivity index (χ0v) is 14.8. The number of hydrogen-bond donors (Lipinski definition) is 0. The van der Waals surface area contributed by atoms with Crippen LogP contribution >= 0.6 is 0 Å². The fourth-order valence-corrected chi connectivity index (χ4v) is 6.76. The lowest BCUT2D eigenvalue weighted by molar-refractivity contribution is -0.127. The van der Waals surface area contributed by atoms with Crippen LogP contribution in [-0.4, -0.2) is 12.0 Å². The molecule has 0 saturated heterocycles. The number of carbonyl (C=O) groups is 1. The zero-order valence-electron chi connectivity index (χ0n) is 14.8. The molecule has 5 unspecified atom stereocenters. The van der Waals surface area contributed by atoms with E-state index < -0.39 is 6.17 Å². The van der Waals surface area contributed by atoms with Crippen LogP contribution in [0.5, 0.6) is 0 Å². The number of Topliss-reactive ketones (excluding diaryl/α,β-unsaturated/α-hetero) is 1. The first kappa shape index (κ1) is 16.5. The summed E-state index contributed by atoms with van der Waals surface area (Å²) in [6.07, 6.45) is 7.83. The maximum atomic E-state index is 13.6. The molecule has 0 spiro atoms. The lowest BCUT2D eigenvalue weighted by Crippen LogP contribution is -2.47. The molecule has 0 N–H and O–H groups in total. The standard InChI is InChI=1S/C20H33FO/c1-13-16(19(3)10-7-15(21)8-11-19)9-12-20(4)17(13)5-6-18(20)14(2)22/h13,15-18H,5-12H2,1-4H3. The number of halogens is 1. The van der Waals surface area contributed by atoms with Crippen LogP contribution in [0, 0.1) is 34.5 Å². The molecule has 3 aliphatic rings. The second-order valence-corrected chi connectivity index (χ2v) is 9.19. The predicted molar refractivity (Wildman–Crippen MR) is 88.4 cm³/mol. The molecule has 3 saturated carbocycles. The van der Waals surface area contributed by atoms with Crippen molar-refractivity contribution in [3.05, 3.63) is 0 Å². The van der Waals surface area contributed by atoms with Crippen molar-refractivity contribution >= 4 is 5.78 Å². The lowest BCUT2D eigenvalue weighted by atomic mass is 9.51. The Bertz CT molecular complexity index is 437. The molecule has 3 aliphatic carbocycles. The number of fused-ring (bicyclic) bond motifs is 1. The Balaban J connectivity index is 1.78. The SMILES string of the molecule is CC(=O)C1CCC2C(C)C(C3(C)CCC(F)CC3)CCC12C. The van der Waals surface area contributed by atoms with E-state index in [1.54, 1.807) is 6.92 Å². The smallest absolute Gasteiger partial charge is 0.133 e. The van der Waals surface area contributed by atoms with Crippen molar-refractivity contribution in [3.8, 4) is 0 Å². The Morgan fingerprint density at radius 1 is 0.955 bits per heavy atom. The van der Waals surface area contributed by atoms with Crippen LogP contribution in [0.2, 0.25) is 0 Å². The monoisotopic (exact) mass is 308 g/mol. The summed E-state index contributed by atoms with van der Waals surface area (Å²) in [4.78, 5) is 12.1. The highest BCUT2D eigenvalue weighted by Gasteiger charge is 2.56. The molecule has 0 bridgehead atoms. The van der Waals surface area contributed by atoms with Crippen LogP contribution in [0.4, 0.5) is 4.39 Å². The van der Waals surface area contributed by atoms with Gasteiger partial charge in [-0.05, 0) is 86.9 Å². The summed E-state index contributed by atoms with van der Waals surface area (Å²) in [5, 5.41) is 0. The van der Waals surface area contributed by atoms with E-state index in [1.165, 1.54) is 19.3 Å². The van der Waals surface area contributed by atoms with Crippen molar-refractivity contribution in [2.45, 2.75) is 85.2 Å². The second kappa shape index (κ2) is 5.60. The van der Waals surface area contributed by atoms with Crippen LogP contribution in [0.1, 0.15) is 79.1 Å². The summed E-state index contributed by atoms with van der Waals surface area (Å²) in [7, 11) is 0. The molecule has 1 nitrogen and oxygen atoms in total. The third-order valence-electron chi connectivity index (χ3n) is 8.12. The minimum atomic E-state index is -0.564. The van der Waals surface area contributed by atoms with Crippen LogP contribution in [0.15, 0.2) is 0 Å². The molecule has 0 aromatic carbocycles. The Kier molecular flexibility index (Phi) is 4.19. The first-order valence-corrected chi connectivity index (χ1v) is 9.42. The maximum Gasteiger partial charge on any atom is 0.133 e. The summed E-state index contributed by atoms with van der Waals surface area (Å²) in [5.41, 5.74) is 0.563. The van der Waals surface area contributed by atoms with E-state index in [9.17, 15) is 9.18 Å². The molecule has 0 heterocycles. The van der Waals surface area contributed by atoms with Gasteiger partial charge in [-0.2, -0.15) is 0 Å². The molecule has 5 atom stereocenters. The van der Waals surface area contributed by atoms with Crippen molar-refractivity contribution in [3.63, 3.8) is 0 Å². The molecule has 2 heteroatoms. The fraction of sp³-hybridized carbons (Fsp3) is 0.950. The van der Waals surface area contributed by atoms with Crippen molar-refractivity contribution in [2.24, 2.45) is 34.5 Å². The molecular formula is C20H33FO. The van der Waals surface area contributed by atoms with E-state index in [-0.39, 0.29) is 11.3 Å². The number of hydrogen-bond acceptors (Lipinski definition) is 1. The summed E-state index contributed by atoms with van der Waals surface area (Å²) < 4.78 is 13.6. The van der Waals surface area contributed by atoms with Gasteiger partial charge < -0.3 is 0 Å². The van der Waals surface area contributed by atoms with Gasteiger partial charge in [0.1, 0.15) is 12.0 Å². The van der Waals surface area contributed by atoms with Gasteiger partial charge in [-0.15, -0.1) is 0 Å². The Labute approximate surface area is 135 Å². The predicted octanol–water partition coefficient (Wildman–Crippen LogP) is 5.57. The molecule has 126 valence electrons. The van der Waals surface area contributed by atoms with Gasteiger partial charge in [-0.3, -0.25) is 4.79 Å². The Hall–Kier alpha value is -0.400. The second-order valence-electron chi connectivity index (χ2n) is 9.19. The van der Waals surface area contributed by atoms with E-state index in [0.717, 1.165) is 38.0 Å². The van der Waals surface area contributed by atoms with Gasteiger partial charge in [0.15, 0.2) is 0 Å². The third-order valence-corrected chi connectivity index (χ3v) is 8.12. The van der Waals surface area contributed by atoms with Crippen LogP contribution < -0.4 is 0 Å². The molecule has 0 radical (unpaired) electrons. The highest BCUT2D eigenvalue weighted by atomic mass is 19.1. The average Bonchev–Trinajstić information content (AvgIpc) is 2.81. The van der Waals surface area contributed by atoms with Crippen LogP contribution in [-0.2, 0) is 4.79 Å². The molecule has 0 amide bonds. The average molecular weight is 308 g/mol. The largest absolute Gasteiger partial charge is 0.300 e. The van der Waals surface area contributed by atoms with E-state index in [0.29, 0.717) is 23.0 Å². The highest BCUT2D eigenvalue weighted by Crippen LogP contribution is 2.63.